The van der Waals surface area contributed by atoms with Gasteiger partial charge in [0, 0.05) is 53.4 Å². The molecule has 1 aromatic heterocycles. The summed E-state index contributed by atoms with van der Waals surface area (Å²) in [6.07, 6.45) is 0.694. The Balaban J connectivity index is 1.19. The molecule has 1 saturated heterocycles. The van der Waals surface area contributed by atoms with E-state index in [1.165, 1.54) is 23.2 Å². The molecule has 5 atom stereocenters. The smallest absolute Gasteiger partial charge is 0.368 e. The molecule has 3 amide bonds. The molecule has 1 saturated carbocycles. The Morgan fingerprint density at radius 1 is 1.14 bits per heavy atom. The summed E-state index contributed by atoms with van der Waals surface area (Å²) in [4.78, 5) is 41.0. The van der Waals surface area contributed by atoms with Gasteiger partial charge in [-0.05, 0) is 69.0 Å². The number of hydrogen-bond acceptors (Lipinski definition) is 7. The summed E-state index contributed by atoms with van der Waals surface area (Å²) in [7, 11) is 0. The highest BCUT2D eigenvalue weighted by atomic mass is 19.4. The molecule has 11 nitrogen and oxygen atoms in total. The number of imidazole rings is 1. The van der Waals surface area contributed by atoms with Crippen molar-refractivity contribution in [1.82, 2.24) is 31.0 Å². The maximum Gasteiger partial charge on any atom is 0.416 e. The number of hydrogen-bond donors (Lipinski definition) is 6. The Kier molecular flexibility index (Phi) is 9.04. The molecule has 14 heteroatoms. The van der Waals surface area contributed by atoms with Gasteiger partial charge in [-0.25, -0.2) is 10.4 Å². The number of nitrogens with one attached hydrogen (secondary N) is 5. The molecule has 5 rings (SSSR count). The molecular formula is C30H35F3N8O3. The first kappa shape index (κ1) is 31.2. The second kappa shape index (κ2) is 12.8. The lowest BCUT2D eigenvalue weighted by Crippen LogP contribution is -2.52. The maximum absolute atomic E-state index is 13.7. The Labute approximate surface area is 252 Å². The number of primary amides is 1. The van der Waals surface area contributed by atoms with Crippen molar-refractivity contribution in [2.24, 2.45) is 11.7 Å². The van der Waals surface area contributed by atoms with Crippen LogP contribution in [0.2, 0.25) is 0 Å². The van der Waals surface area contributed by atoms with Crippen LogP contribution in [0.15, 0.2) is 55.0 Å². The number of carbonyl (C=O) groups is 3. The zero-order valence-corrected chi connectivity index (χ0v) is 24.2. The lowest BCUT2D eigenvalue weighted by molar-refractivity contribution is -0.137. The molecular weight excluding hydrogens is 577 g/mol. The molecule has 234 valence electrons. The van der Waals surface area contributed by atoms with Gasteiger partial charge in [-0.2, -0.15) is 13.2 Å². The summed E-state index contributed by atoms with van der Waals surface area (Å²) in [6, 6.07) is 9.38. The fourth-order valence-corrected chi connectivity index (χ4v) is 5.78. The molecule has 4 unspecified atom stereocenters. The third kappa shape index (κ3) is 7.09. The average molecular weight is 613 g/mol. The van der Waals surface area contributed by atoms with Gasteiger partial charge >= 0.3 is 6.18 Å². The molecule has 2 aromatic carbocycles. The molecule has 0 bridgehead atoms. The van der Waals surface area contributed by atoms with Crippen molar-refractivity contribution in [2.45, 2.75) is 70.0 Å². The van der Waals surface area contributed by atoms with Crippen LogP contribution in [-0.2, 0) is 22.3 Å². The Morgan fingerprint density at radius 3 is 2.64 bits per heavy atom. The third-order valence-electron chi connectivity index (χ3n) is 8.21. The van der Waals surface area contributed by atoms with Gasteiger partial charge in [-0.3, -0.25) is 19.8 Å². The molecule has 3 aromatic rings. The summed E-state index contributed by atoms with van der Waals surface area (Å²) in [5, 5.41) is 8.90. The molecule has 0 spiro atoms. The van der Waals surface area contributed by atoms with Gasteiger partial charge in [0.15, 0.2) is 0 Å². The van der Waals surface area contributed by atoms with Crippen molar-refractivity contribution in [3.8, 4) is 5.69 Å². The van der Waals surface area contributed by atoms with Crippen LogP contribution in [0.4, 0.5) is 18.9 Å². The first-order valence-corrected chi connectivity index (χ1v) is 14.3. The molecule has 0 radical (unpaired) electrons. The molecule has 1 aliphatic heterocycles. The van der Waals surface area contributed by atoms with Gasteiger partial charge in [-0.15, -0.1) is 0 Å². The number of hydrazine groups is 1. The number of rotatable bonds is 9. The maximum atomic E-state index is 13.7. The topological polar surface area (TPSA) is 155 Å². The first-order valence-electron chi connectivity index (χ1n) is 14.3. The van der Waals surface area contributed by atoms with Crippen molar-refractivity contribution in [3.63, 3.8) is 0 Å². The van der Waals surface area contributed by atoms with Gasteiger partial charge in [0.1, 0.15) is 12.1 Å². The summed E-state index contributed by atoms with van der Waals surface area (Å²) in [5.41, 5.74) is 12.6. The van der Waals surface area contributed by atoms with Crippen LogP contribution in [0.5, 0.6) is 0 Å². The number of benzene rings is 2. The number of anilines is 1. The zero-order chi connectivity index (χ0) is 31.6. The van der Waals surface area contributed by atoms with Crippen molar-refractivity contribution in [2.75, 3.05) is 5.32 Å². The zero-order valence-electron chi connectivity index (χ0n) is 24.2. The van der Waals surface area contributed by atoms with E-state index >= 15 is 0 Å². The Morgan fingerprint density at radius 2 is 1.93 bits per heavy atom. The second-order valence-electron chi connectivity index (χ2n) is 11.4. The van der Waals surface area contributed by atoms with E-state index in [0.29, 0.717) is 17.9 Å². The lowest BCUT2D eigenvalue weighted by atomic mass is 9.79. The largest absolute Gasteiger partial charge is 0.416 e. The van der Waals surface area contributed by atoms with Gasteiger partial charge < -0.3 is 26.3 Å². The van der Waals surface area contributed by atoms with Crippen LogP contribution in [0.3, 0.4) is 0 Å². The van der Waals surface area contributed by atoms with Crippen LogP contribution in [0, 0.1) is 12.8 Å². The quantitative estimate of drug-likeness (QED) is 0.217. The standard InChI is InChI=1S/C30H35F3N8O3/c1-16-13-35-15-41(16)23-10-19(9-20(11-23)30(31,32)33)28(43)38-22-5-3-4-18(8-22)14-36-21-6-7-24-25(12-21)39-40-26(24)29(44)37-17(2)27(34)42/h3-5,8-11,13,15,17,21,24-26,36,39-40H,6-7,12,14H2,1-2H3,(H2,34,42)(H,37,44)(H,38,43)/t17-,21?,24?,25?,26?/m0/s1. The number of amides is 3. The molecule has 2 aliphatic rings. The number of alkyl halides is 3. The van der Waals surface area contributed by atoms with Crippen molar-refractivity contribution >= 4 is 23.4 Å². The fourth-order valence-electron chi connectivity index (χ4n) is 5.78. The minimum absolute atomic E-state index is 0.0648. The number of nitrogens with zero attached hydrogens (tertiary/aromatic N) is 2. The van der Waals surface area contributed by atoms with Gasteiger partial charge in [0.25, 0.3) is 5.91 Å². The number of aryl methyl sites for hydroxylation is 1. The van der Waals surface area contributed by atoms with Crippen LogP contribution in [0.25, 0.3) is 5.69 Å². The number of nitrogens with two attached hydrogens (primary N) is 1. The predicted molar refractivity (Wildman–Crippen MR) is 156 cm³/mol. The molecule has 2 heterocycles. The monoisotopic (exact) mass is 612 g/mol. The molecule has 1 aliphatic carbocycles. The van der Waals surface area contributed by atoms with Crippen molar-refractivity contribution in [1.29, 1.82) is 0 Å². The summed E-state index contributed by atoms with van der Waals surface area (Å²) in [6.45, 7) is 3.77. The van der Waals surface area contributed by atoms with Crippen LogP contribution >= 0.6 is 0 Å². The van der Waals surface area contributed by atoms with Gasteiger partial charge in [0.2, 0.25) is 11.8 Å². The van der Waals surface area contributed by atoms with E-state index in [1.807, 2.05) is 6.07 Å². The van der Waals surface area contributed by atoms with E-state index in [0.717, 1.165) is 37.0 Å². The fraction of sp³-hybridized carbons (Fsp3) is 0.400. The minimum Gasteiger partial charge on any atom is -0.368 e. The highest BCUT2D eigenvalue weighted by Crippen LogP contribution is 2.33. The number of fused-ring (bicyclic) bond motifs is 1. The number of aromatic nitrogens is 2. The van der Waals surface area contributed by atoms with Crippen LogP contribution in [-0.4, -0.2) is 51.4 Å². The molecule has 44 heavy (non-hydrogen) atoms. The van der Waals surface area contributed by atoms with E-state index in [-0.39, 0.29) is 35.2 Å². The molecule has 7 N–H and O–H groups in total. The first-order chi connectivity index (χ1) is 20.9. The van der Waals surface area contributed by atoms with Gasteiger partial charge in [0.05, 0.1) is 11.9 Å². The van der Waals surface area contributed by atoms with Gasteiger partial charge in [-0.1, -0.05) is 12.1 Å². The number of carbonyl (C=O) groups excluding carboxylic acids is 3. The normalized spacial score (nSPS) is 22.2. The average Bonchev–Trinajstić information content (AvgIpc) is 3.61. The van der Waals surface area contributed by atoms with Crippen molar-refractivity contribution < 1.29 is 27.6 Å². The van der Waals surface area contributed by atoms with Crippen molar-refractivity contribution in [3.05, 3.63) is 77.4 Å². The summed E-state index contributed by atoms with van der Waals surface area (Å²) < 4.78 is 42.5. The second-order valence-corrected chi connectivity index (χ2v) is 11.4. The minimum atomic E-state index is -4.63. The highest BCUT2D eigenvalue weighted by molar-refractivity contribution is 6.04. The van der Waals surface area contributed by atoms with Crippen LogP contribution in [0.1, 0.15) is 53.4 Å². The molecule has 2 fully saturated rings. The predicted octanol–water partition coefficient (Wildman–Crippen LogP) is 2.55. The number of halogens is 3. The highest BCUT2D eigenvalue weighted by Gasteiger charge is 2.43. The van der Waals surface area contributed by atoms with E-state index in [1.54, 1.807) is 32.0 Å². The van der Waals surface area contributed by atoms with E-state index in [2.05, 4.69) is 31.8 Å². The Hall–Kier alpha value is -4.27. The van der Waals surface area contributed by atoms with E-state index in [9.17, 15) is 27.6 Å². The van der Waals surface area contributed by atoms with Crippen LogP contribution < -0.4 is 32.5 Å². The third-order valence-corrected chi connectivity index (χ3v) is 8.21. The summed E-state index contributed by atoms with van der Waals surface area (Å²) in [5.74, 6) is -1.45. The van der Waals surface area contributed by atoms with E-state index in [4.69, 9.17) is 5.73 Å². The Bertz CT molecular complexity index is 1540. The van der Waals surface area contributed by atoms with E-state index < -0.39 is 35.6 Å². The summed E-state index contributed by atoms with van der Waals surface area (Å²) >= 11 is 0. The lowest BCUT2D eigenvalue weighted by Gasteiger charge is -2.33. The SMILES string of the molecule is Cc1cncn1-c1cc(C(=O)Nc2cccc(CNC3CCC4C(C3)NNC4C(=O)N[C@@H](C)C(N)=O)c2)cc(C(F)(F)F)c1.